The predicted molar refractivity (Wildman–Crippen MR) is 57.2 cm³/mol. The fourth-order valence-electron chi connectivity index (χ4n) is 2.14. The fraction of sp³-hybridized carbons (Fsp3) is 1.00. The molecule has 2 aliphatic rings. The van der Waals surface area contributed by atoms with Gasteiger partial charge in [0.15, 0.2) is 0 Å². The smallest absolute Gasteiger partial charge is 0.0336 e. The molecular weight excluding hydrogens is 182 g/mol. The van der Waals surface area contributed by atoms with E-state index in [0.29, 0.717) is 5.38 Å². The van der Waals surface area contributed by atoms with E-state index in [1.807, 2.05) is 0 Å². The van der Waals surface area contributed by atoms with E-state index in [9.17, 15) is 0 Å². The Morgan fingerprint density at radius 1 is 0.846 bits per heavy atom. The maximum Gasteiger partial charge on any atom is 0.0336 e. The van der Waals surface area contributed by atoms with E-state index < -0.39 is 0 Å². The highest BCUT2D eigenvalue weighted by Crippen LogP contribution is 2.29. The summed E-state index contributed by atoms with van der Waals surface area (Å²) in [5.41, 5.74) is 0. The molecule has 13 heavy (non-hydrogen) atoms. The summed E-state index contributed by atoms with van der Waals surface area (Å²) in [5.74, 6) is 1.93. The molecule has 76 valence electrons. The van der Waals surface area contributed by atoms with Crippen molar-refractivity contribution < 1.29 is 0 Å². The van der Waals surface area contributed by atoms with Crippen LogP contribution in [0.2, 0.25) is 0 Å². The zero-order valence-electron chi connectivity index (χ0n) is 8.27. The molecule has 0 aromatic carbocycles. The zero-order chi connectivity index (χ0) is 9.10. The molecule has 0 spiro atoms. The molecule has 2 fully saturated rings. The van der Waals surface area contributed by atoms with Crippen LogP contribution in [0.3, 0.4) is 0 Å². The van der Waals surface area contributed by atoms with Crippen molar-refractivity contribution in [1.29, 1.82) is 0 Å². The number of rotatable bonds is 4. The summed E-state index contributed by atoms with van der Waals surface area (Å²) in [6, 6.07) is 0. The molecule has 0 atom stereocenters. The summed E-state index contributed by atoms with van der Waals surface area (Å²) < 4.78 is 0. The van der Waals surface area contributed by atoms with Crippen molar-refractivity contribution in [2.45, 2.75) is 43.9 Å². The minimum atomic E-state index is 0.472. The third-order valence-electron chi connectivity index (χ3n) is 3.34. The van der Waals surface area contributed by atoms with Crippen molar-refractivity contribution in [2.24, 2.45) is 11.8 Å². The van der Waals surface area contributed by atoms with Gasteiger partial charge in [0.1, 0.15) is 0 Å². The van der Waals surface area contributed by atoms with Crippen LogP contribution in [0.4, 0.5) is 0 Å². The normalized spacial score (nSPS) is 34.8. The van der Waals surface area contributed by atoms with Gasteiger partial charge in [-0.1, -0.05) is 0 Å². The Labute approximate surface area is 86.2 Å². The average Bonchev–Trinajstić information content (AvgIpc) is 2.92. The highest BCUT2D eigenvalue weighted by molar-refractivity contribution is 6.20. The summed E-state index contributed by atoms with van der Waals surface area (Å²) in [4.78, 5) is 0. The molecule has 2 saturated carbocycles. The van der Waals surface area contributed by atoms with Gasteiger partial charge in [0.25, 0.3) is 0 Å². The highest BCUT2D eigenvalue weighted by atomic mass is 35.5. The van der Waals surface area contributed by atoms with E-state index in [1.165, 1.54) is 51.6 Å². The van der Waals surface area contributed by atoms with E-state index >= 15 is 0 Å². The van der Waals surface area contributed by atoms with Gasteiger partial charge in [-0.3, -0.25) is 0 Å². The van der Waals surface area contributed by atoms with Gasteiger partial charge in [0.05, 0.1) is 0 Å². The van der Waals surface area contributed by atoms with E-state index in [0.717, 1.165) is 11.8 Å². The number of alkyl halides is 1. The molecule has 1 nitrogen and oxygen atoms in total. The zero-order valence-corrected chi connectivity index (χ0v) is 9.02. The first-order chi connectivity index (χ1) is 6.34. The summed E-state index contributed by atoms with van der Waals surface area (Å²) in [6.07, 6.45) is 8.06. The lowest BCUT2D eigenvalue weighted by Gasteiger charge is -2.25. The highest BCUT2D eigenvalue weighted by Gasteiger charge is 2.22. The van der Waals surface area contributed by atoms with Crippen molar-refractivity contribution >= 4 is 11.6 Å². The minimum Gasteiger partial charge on any atom is -0.316 e. The van der Waals surface area contributed by atoms with E-state index in [2.05, 4.69) is 5.32 Å². The van der Waals surface area contributed by atoms with Gasteiger partial charge in [-0.05, 0) is 63.5 Å². The lowest BCUT2D eigenvalue weighted by Crippen LogP contribution is -2.28. The fourth-order valence-corrected chi connectivity index (χ4v) is 2.39. The van der Waals surface area contributed by atoms with Gasteiger partial charge in [-0.2, -0.15) is 0 Å². The van der Waals surface area contributed by atoms with Crippen LogP contribution in [0, 0.1) is 11.8 Å². The second-order valence-corrected chi connectivity index (χ2v) is 5.34. The van der Waals surface area contributed by atoms with E-state index in [-0.39, 0.29) is 0 Å². The quantitative estimate of drug-likeness (QED) is 0.690. The van der Waals surface area contributed by atoms with Gasteiger partial charge in [0, 0.05) is 5.38 Å². The second-order valence-electron chi connectivity index (χ2n) is 4.72. The standard InChI is InChI=1S/C11H20ClN/c12-11-5-3-10(4-6-11)8-13-7-9-1-2-9/h9-11,13H,1-8H2. The van der Waals surface area contributed by atoms with Crippen molar-refractivity contribution in [3.05, 3.63) is 0 Å². The Hall–Kier alpha value is 0.250. The molecule has 0 saturated heterocycles. The molecule has 0 radical (unpaired) electrons. The minimum absolute atomic E-state index is 0.472. The number of hydrogen-bond donors (Lipinski definition) is 1. The van der Waals surface area contributed by atoms with E-state index in [4.69, 9.17) is 11.6 Å². The molecule has 0 bridgehead atoms. The topological polar surface area (TPSA) is 12.0 Å². The summed E-state index contributed by atoms with van der Waals surface area (Å²) in [6.45, 7) is 2.50. The van der Waals surface area contributed by atoms with Gasteiger partial charge in [0.2, 0.25) is 0 Å². The van der Waals surface area contributed by atoms with Gasteiger partial charge in [-0.25, -0.2) is 0 Å². The number of hydrogen-bond acceptors (Lipinski definition) is 1. The van der Waals surface area contributed by atoms with Crippen LogP contribution >= 0.6 is 11.6 Å². The SMILES string of the molecule is ClC1CCC(CNCC2CC2)CC1. The van der Waals surface area contributed by atoms with Crippen LogP contribution in [0.25, 0.3) is 0 Å². The Kier molecular flexibility index (Phi) is 3.51. The van der Waals surface area contributed by atoms with Crippen LogP contribution in [0.1, 0.15) is 38.5 Å². The first kappa shape index (κ1) is 9.79. The molecule has 0 aromatic heterocycles. The van der Waals surface area contributed by atoms with Crippen LogP contribution in [-0.2, 0) is 0 Å². The lowest BCUT2D eigenvalue weighted by atomic mass is 9.89. The Morgan fingerprint density at radius 2 is 1.31 bits per heavy atom. The van der Waals surface area contributed by atoms with Crippen molar-refractivity contribution in [1.82, 2.24) is 5.32 Å². The Balaban J connectivity index is 1.53. The number of nitrogens with one attached hydrogen (secondary N) is 1. The maximum atomic E-state index is 6.06. The first-order valence-electron chi connectivity index (χ1n) is 5.69. The van der Waals surface area contributed by atoms with Crippen molar-refractivity contribution in [3.8, 4) is 0 Å². The van der Waals surface area contributed by atoms with Gasteiger partial charge < -0.3 is 5.32 Å². The summed E-state index contributed by atoms with van der Waals surface area (Å²) in [5, 5.41) is 4.06. The first-order valence-corrected chi connectivity index (χ1v) is 6.13. The molecule has 0 amide bonds. The predicted octanol–water partition coefficient (Wildman–Crippen LogP) is 2.78. The summed E-state index contributed by atoms with van der Waals surface area (Å²) in [7, 11) is 0. The maximum absolute atomic E-state index is 6.06. The van der Waals surface area contributed by atoms with Crippen LogP contribution in [0.5, 0.6) is 0 Å². The van der Waals surface area contributed by atoms with Crippen LogP contribution in [0.15, 0.2) is 0 Å². The molecule has 2 aliphatic carbocycles. The molecule has 0 aliphatic heterocycles. The molecular formula is C11H20ClN. The summed E-state index contributed by atoms with van der Waals surface area (Å²) >= 11 is 6.06. The number of halogens is 1. The second kappa shape index (κ2) is 4.65. The largest absolute Gasteiger partial charge is 0.316 e. The Morgan fingerprint density at radius 3 is 1.77 bits per heavy atom. The molecule has 0 heterocycles. The van der Waals surface area contributed by atoms with E-state index in [1.54, 1.807) is 0 Å². The lowest BCUT2D eigenvalue weighted by molar-refractivity contribution is 0.344. The van der Waals surface area contributed by atoms with Gasteiger partial charge >= 0.3 is 0 Å². The van der Waals surface area contributed by atoms with Crippen molar-refractivity contribution in [3.63, 3.8) is 0 Å². The molecule has 2 rings (SSSR count). The Bertz CT molecular complexity index is 148. The molecule has 0 aromatic rings. The third-order valence-corrected chi connectivity index (χ3v) is 3.78. The molecule has 2 heteroatoms. The molecule has 0 unspecified atom stereocenters. The van der Waals surface area contributed by atoms with Crippen LogP contribution < -0.4 is 5.32 Å². The van der Waals surface area contributed by atoms with Crippen molar-refractivity contribution in [2.75, 3.05) is 13.1 Å². The molecule has 1 N–H and O–H groups in total. The van der Waals surface area contributed by atoms with Gasteiger partial charge in [-0.15, -0.1) is 11.6 Å². The third kappa shape index (κ3) is 3.47. The average molecular weight is 202 g/mol. The monoisotopic (exact) mass is 201 g/mol. The van der Waals surface area contributed by atoms with Crippen LogP contribution in [-0.4, -0.2) is 18.5 Å².